The van der Waals surface area contributed by atoms with E-state index < -0.39 is 6.10 Å². The summed E-state index contributed by atoms with van der Waals surface area (Å²) in [5.74, 6) is 1.00. The molecule has 0 bridgehead atoms. The van der Waals surface area contributed by atoms with Crippen molar-refractivity contribution in [1.82, 2.24) is 5.32 Å². The normalized spacial score (nSPS) is 13.5. The molecule has 19 heavy (non-hydrogen) atoms. The minimum Gasteiger partial charge on any atom is -0.493 e. The topological polar surface area (TPSA) is 73.6 Å². The van der Waals surface area contributed by atoms with Gasteiger partial charge in [0.15, 0.2) is 17.6 Å². The van der Waals surface area contributed by atoms with Crippen LogP contribution in [0.25, 0.3) is 0 Å². The molecular formula is C14H22N2O3. The standard InChI is InChI=1S/C14H22N2O3/c1-9(15)8-11-6-5-7-12(18-4)13(11)19-10(2)14(17)16-3/h5-7,9-10H,8,15H2,1-4H3,(H,16,17). The molecule has 0 aliphatic rings. The number of hydrogen-bond acceptors (Lipinski definition) is 4. The second-order valence-corrected chi connectivity index (χ2v) is 4.50. The van der Waals surface area contributed by atoms with E-state index in [0.29, 0.717) is 17.9 Å². The summed E-state index contributed by atoms with van der Waals surface area (Å²) in [6, 6.07) is 5.62. The van der Waals surface area contributed by atoms with Crippen LogP contribution < -0.4 is 20.5 Å². The highest BCUT2D eigenvalue weighted by molar-refractivity contribution is 5.80. The van der Waals surface area contributed by atoms with Gasteiger partial charge in [-0.2, -0.15) is 0 Å². The lowest BCUT2D eigenvalue weighted by Gasteiger charge is -2.19. The molecule has 0 spiro atoms. The van der Waals surface area contributed by atoms with Crippen molar-refractivity contribution in [2.45, 2.75) is 32.4 Å². The molecule has 1 rings (SSSR count). The van der Waals surface area contributed by atoms with Gasteiger partial charge < -0.3 is 20.5 Å². The summed E-state index contributed by atoms with van der Waals surface area (Å²) >= 11 is 0. The Labute approximate surface area is 114 Å². The monoisotopic (exact) mass is 266 g/mol. The Kier molecular flexibility index (Phi) is 5.63. The van der Waals surface area contributed by atoms with E-state index in [1.54, 1.807) is 27.1 Å². The first-order chi connectivity index (χ1) is 8.99. The zero-order valence-electron chi connectivity index (χ0n) is 11.9. The molecule has 2 unspecified atom stereocenters. The fourth-order valence-corrected chi connectivity index (χ4v) is 1.80. The van der Waals surface area contributed by atoms with E-state index in [4.69, 9.17) is 15.2 Å². The Morgan fingerprint density at radius 1 is 1.42 bits per heavy atom. The van der Waals surface area contributed by atoms with Crippen LogP contribution >= 0.6 is 0 Å². The first-order valence-electron chi connectivity index (χ1n) is 6.29. The van der Waals surface area contributed by atoms with Crippen LogP contribution in [-0.4, -0.2) is 32.2 Å². The third kappa shape index (κ3) is 4.13. The molecule has 0 saturated carbocycles. The number of carbonyl (C=O) groups is 1. The third-order valence-corrected chi connectivity index (χ3v) is 2.73. The molecule has 1 aromatic rings. The SMILES string of the molecule is CNC(=O)C(C)Oc1c(CC(C)N)cccc1OC. The predicted molar refractivity (Wildman–Crippen MR) is 74.5 cm³/mol. The van der Waals surface area contributed by atoms with Crippen molar-refractivity contribution < 1.29 is 14.3 Å². The highest BCUT2D eigenvalue weighted by Gasteiger charge is 2.18. The first kappa shape index (κ1) is 15.3. The second-order valence-electron chi connectivity index (χ2n) is 4.50. The number of benzene rings is 1. The van der Waals surface area contributed by atoms with E-state index >= 15 is 0 Å². The fourth-order valence-electron chi connectivity index (χ4n) is 1.80. The van der Waals surface area contributed by atoms with Crippen LogP contribution in [0.15, 0.2) is 18.2 Å². The lowest BCUT2D eigenvalue weighted by molar-refractivity contribution is -0.126. The van der Waals surface area contributed by atoms with Gasteiger partial charge in [0.25, 0.3) is 5.91 Å². The highest BCUT2D eigenvalue weighted by atomic mass is 16.5. The Morgan fingerprint density at radius 3 is 2.63 bits per heavy atom. The molecule has 0 fully saturated rings. The molecule has 3 N–H and O–H groups in total. The van der Waals surface area contributed by atoms with E-state index in [-0.39, 0.29) is 11.9 Å². The van der Waals surface area contributed by atoms with Gasteiger partial charge in [-0.05, 0) is 31.9 Å². The third-order valence-electron chi connectivity index (χ3n) is 2.73. The van der Waals surface area contributed by atoms with Crippen LogP contribution in [0.5, 0.6) is 11.5 Å². The predicted octanol–water partition coefficient (Wildman–Crippen LogP) is 1.10. The van der Waals surface area contributed by atoms with Crippen molar-refractivity contribution in [3.05, 3.63) is 23.8 Å². The molecule has 0 saturated heterocycles. The van der Waals surface area contributed by atoms with Gasteiger partial charge in [-0.1, -0.05) is 12.1 Å². The minimum absolute atomic E-state index is 0.00441. The number of carbonyl (C=O) groups excluding carboxylic acids is 1. The number of rotatable bonds is 6. The Hall–Kier alpha value is -1.75. The maximum absolute atomic E-state index is 11.5. The average Bonchev–Trinajstić information content (AvgIpc) is 2.38. The number of likely N-dealkylation sites (N-methyl/N-ethyl adjacent to an activating group) is 1. The van der Waals surface area contributed by atoms with Crippen molar-refractivity contribution in [1.29, 1.82) is 0 Å². The van der Waals surface area contributed by atoms with Crippen LogP contribution in [0.2, 0.25) is 0 Å². The molecule has 5 heteroatoms. The smallest absolute Gasteiger partial charge is 0.260 e. The fraction of sp³-hybridized carbons (Fsp3) is 0.500. The molecule has 5 nitrogen and oxygen atoms in total. The van der Waals surface area contributed by atoms with Crippen molar-refractivity contribution in [3.8, 4) is 11.5 Å². The molecular weight excluding hydrogens is 244 g/mol. The van der Waals surface area contributed by atoms with Crippen LogP contribution in [-0.2, 0) is 11.2 Å². The quantitative estimate of drug-likeness (QED) is 0.808. The number of methoxy groups -OCH3 is 1. The van der Waals surface area contributed by atoms with E-state index in [2.05, 4.69) is 5.32 Å². The van der Waals surface area contributed by atoms with E-state index in [0.717, 1.165) is 5.56 Å². The summed E-state index contributed by atoms with van der Waals surface area (Å²) < 4.78 is 11.0. The van der Waals surface area contributed by atoms with Gasteiger partial charge in [0.2, 0.25) is 0 Å². The molecule has 0 aliphatic carbocycles. The van der Waals surface area contributed by atoms with Crippen LogP contribution in [0.3, 0.4) is 0 Å². The van der Waals surface area contributed by atoms with Crippen LogP contribution in [0.4, 0.5) is 0 Å². The number of ether oxygens (including phenoxy) is 2. The van der Waals surface area contributed by atoms with Gasteiger partial charge in [0, 0.05) is 13.1 Å². The number of para-hydroxylation sites is 1. The zero-order chi connectivity index (χ0) is 14.4. The second kappa shape index (κ2) is 6.99. The maximum atomic E-state index is 11.5. The first-order valence-corrected chi connectivity index (χ1v) is 6.29. The van der Waals surface area contributed by atoms with Gasteiger partial charge in [-0.3, -0.25) is 4.79 Å². The maximum Gasteiger partial charge on any atom is 0.260 e. The average molecular weight is 266 g/mol. The van der Waals surface area contributed by atoms with E-state index in [1.807, 2.05) is 19.1 Å². The van der Waals surface area contributed by atoms with Gasteiger partial charge in [0.1, 0.15) is 0 Å². The summed E-state index contributed by atoms with van der Waals surface area (Å²) in [5.41, 5.74) is 6.76. The summed E-state index contributed by atoms with van der Waals surface area (Å²) in [6.45, 7) is 3.62. The Morgan fingerprint density at radius 2 is 2.11 bits per heavy atom. The lowest BCUT2D eigenvalue weighted by Crippen LogP contribution is -2.34. The largest absolute Gasteiger partial charge is 0.493 e. The van der Waals surface area contributed by atoms with Crippen LogP contribution in [0, 0.1) is 0 Å². The zero-order valence-corrected chi connectivity index (χ0v) is 11.9. The molecule has 106 valence electrons. The van der Waals surface area contributed by atoms with Crippen molar-refractivity contribution in [3.63, 3.8) is 0 Å². The molecule has 1 amide bonds. The van der Waals surface area contributed by atoms with Crippen molar-refractivity contribution in [2.24, 2.45) is 5.73 Å². The number of nitrogens with two attached hydrogens (primary N) is 1. The number of amides is 1. The molecule has 1 aromatic carbocycles. The van der Waals surface area contributed by atoms with Gasteiger partial charge >= 0.3 is 0 Å². The van der Waals surface area contributed by atoms with E-state index in [1.165, 1.54) is 0 Å². The van der Waals surface area contributed by atoms with Crippen molar-refractivity contribution in [2.75, 3.05) is 14.2 Å². The van der Waals surface area contributed by atoms with Crippen molar-refractivity contribution >= 4 is 5.91 Å². The summed E-state index contributed by atoms with van der Waals surface area (Å²) in [7, 11) is 3.15. The molecule has 0 aliphatic heterocycles. The minimum atomic E-state index is -0.590. The summed E-state index contributed by atoms with van der Waals surface area (Å²) in [5, 5.41) is 2.55. The van der Waals surface area contributed by atoms with Gasteiger partial charge in [0.05, 0.1) is 7.11 Å². The Bertz CT molecular complexity index is 433. The molecule has 0 aromatic heterocycles. The summed E-state index contributed by atoms with van der Waals surface area (Å²) in [6.07, 6.45) is 0.0700. The van der Waals surface area contributed by atoms with Crippen LogP contribution in [0.1, 0.15) is 19.4 Å². The molecule has 0 radical (unpaired) electrons. The number of nitrogens with one attached hydrogen (secondary N) is 1. The lowest BCUT2D eigenvalue weighted by atomic mass is 10.1. The molecule has 0 heterocycles. The van der Waals surface area contributed by atoms with Gasteiger partial charge in [-0.15, -0.1) is 0 Å². The molecule has 2 atom stereocenters. The highest BCUT2D eigenvalue weighted by Crippen LogP contribution is 2.32. The Balaban J connectivity index is 3.04. The summed E-state index contributed by atoms with van der Waals surface area (Å²) in [4.78, 5) is 11.5. The van der Waals surface area contributed by atoms with E-state index in [9.17, 15) is 4.79 Å². The van der Waals surface area contributed by atoms with Gasteiger partial charge in [-0.25, -0.2) is 0 Å². The number of hydrogen-bond donors (Lipinski definition) is 2.